The van der Waals surface area contributed by atoms with Gasteiger partial charge in [0, 0.05) is 6.54 Å². The first kappa shape index (κ1) is 15.7. The third kappa shape index (κ3) is 3.58. The van der Waals surface area contributed by atoms with Crippen molar-refractivity contribution in [3.63, 3.8) is 0 Å². The van der Waals surface area contributed by atoms with E-state index in [4.69, 9.17) is 16.7 Å². The Labute approximate surface area is 137 Å². The lowest BCUT2D eigenvalue weighted by Gasteiger charge is -2.07. The molecule has 0 amide bonds. The van der Waals surface area contributed by atoms with Crippen LogP contribution in [0.3, 0.4) is 0 Å². The molecule has 0 aliphatic rings. The monoisotopic (exact) mass is 352 g/mol. The molecule has 23 heavy (non-hydrogen) atoms. The number of halogens is 1. The van der Waals surface area contributed by atoms with E-state index in [0.717, 1.165) is 5.56 Å². The highest BCUT2D eigenvalue weighted by atomic mass is 35.5. The molecule has 0 saturated heterocycles. The predicted octanol–water partition coefficient (Wildman–Crippen LogP) is 1.31. The Hall–Kier alpha value is -2.23. The molecule has 0 fully saturated rings. The third-order valence-electron chi connectivity index (χ3n) is 3.22. The van der Waals surface area contributed by atoms with Crippen molar-refractivity contribution in [2.45, 2.75) is 11.3 Å². The number of primary sulfonamides is 1. The minimum Gasteiger partial charge on any atom is -0.368 e. The number of sulfonamides is 1. The van der Waals surface area contributed by atoms with Crippen molar-refractivity contribution in [2.75, 3.05) is 11.9 Å². The van der Waals surface area contributed by atoms with Gasteiger partial charge in [-0.3, -0.25) is 0 Å². The number of nitrogens with two attached hydrogens (primary N) is 1. The van der Waals surface area contributed by atoms with Crippen molar-refractivity contribution in [1.29, 1.82) is 0 Å². The molecule has 2 aromatic heterocycles. The van der Waals surface area contributed by atoms with E-state index >= 15 is 0 Å². The van der Waals surface area contributed by atoms with Gasteiger partial charge in [0.25, 0.3) is 0 Å². The van der Waals surface area contributed by atoms with Crippen LogP contribution in [0.1, 0.15) is 5.56 Å². The Morgan fingerprint density at radius 3 is 2.65 bits per heavy atom. The highest BCUT2D eigenvalue weighted by Gasteiger charge is 2.09. The topological polar surface area (TPSA) is 127 Å². The predicted molar refractivity (Wildman–Crippen MR) is 86.7 cm³/mol. The molecule has 0 aliphatic heterocycles. The average molecular weight is 353 g/mol. The van der Waals surface area contributed by atoms with Crippen LogP contribution in [0.25, 0.3) is 11.2 Å². The Bertz CT molecular complexity index is 939. The summed E-state index contributed by atoms with van der Waals surface area (Å²) in [5.74, 6) is 0.568. The number of hydrogen-bond donors (Lipinski definition) is 3. The van der Waals surface area contributed by atoms with E-state index in [-0.39, 0.29) is 10.2 Å². The van der Waals surface area contributed by atoms with Crippen LogP contribution < -0.4 is 10.5 Å². The van der Waals surface area contributed by atoms with Crippen molar-refractivity contribution >= 4 is 38.6 Å². The van der Waals surface area contributed by atoms with Crippen LogP contribution in [0, 0.1) is 0 Å². The van der Waals surface area contributed by atoms with Gasteiger partial charge in [-0.25, -0.2) is 18.5 Å². The van der Waals surface area contributed by atoms with Crippen molar-refractivity contribution in [1.82, 2.24) is 19.9 Å². The molecular formula is C13H13ClN6O2S. The number of nitrogens with zero attached hydrogens (tertiary/aromatic N) is 3. The van der Waals surface area contributed by atoms with Gasteiger partial charge in [0.1, 0.15) is 5.52 Å². The average Bonchev–Trinajstić information content (AvgIpc) is 2.95. The SMILES string of the molecule is NS(=O)(=O)c1ccc(CCNc2nc(Cl)nc3nc[nH]c23)cc1. The van der Waals surface area contributed by atoms with Crippen molar-refractivity contribution in [2.24, 2.45) is 5.14 Å². The number of aromatic amines is 1. The second-order valence-electron chi connectivity index (χ2n) is 4.81. The fraction of sp³-hybridized carbons (Fsp3) is 0.154. The van der Waals surface area contributed by atoms with Crippen LogP contribution in [0.2, 0.25) is 5.28 Å². The standard InChI is InChI=1S/C13H13ClN6O2S/c14-13-19-11(10-12(20-13)18-7-17-10)16-6-5-8-1-3-9(4-2-8)23(15,21)22/h1-4,7H,5-6H2,(H2,15,21,22)(H2,16,17,18,19,20). The number of imidazole rings is 1. The molecule has 0 aliphatic carbocycles. The molecule has 0 spiro atoms. The van der Waals surface area contributed by atoms with Crippen LogP contribution >= 0.6 is 11.6 Å². The molecule has 2 heterocycles. The minimum absolute atomic E-state index is 0.0935. The minimum atomic E-state index is -3.66. The lowest BCUT2D eigenvalue weighted by Crippen LogP contribution is -2.12. The smallest absolute Gasteiger partial charge is 0.238 e. The number of fused-ring (bicyclic) bond motifs is 1. The summed E-state index contributed by atoms with van der Waals surface area (Å²) in [5.41, 5.74) is 2.13. The second-order valence-corrected chi connectivity index (χ2v) is 6.71. The van der Waals surface area contributed by atoms with Crippen LogP contribution in [0.5, 0.6) is 0 Å². The van der Waals surface area contributed by atoms with Gasteiger partial charge in [-0.1, -0.05) is 12.1 Å². The molecule has 4 N–H and O–H groups in total. The molecule has 0 atom stereocenters. The van der Waals surface area contributed by atoms with Gasteiger partial charge in [0.05, 0.1) is 11.2 Å². The molecule has 1 aromatic carbocycles. The third-order valence-corrected chi connectivity index (χ3v) is 4.31. The summed E-state index contributed by atoms with van der Waals surface area (Å²) in [4.78, 5) is 15.2. The number of rotatable bonds is 5. The second kappa shape index (κ2) is 6.11. The van der Waals surface area contributed by atoms with Crippen molar-refractivity contribution in [3.8, 4) is 0 Å². The van der Waals surface area contributed by atoms with E-state index in [2.05, 4.69) is 25.3 Å². The maximum absolute atomic E-state index is 11.2. The van der Waals surface area contributed by atoms with Crippen molar-refractivity contribution < 1.29 is 8.42 Å². The lowest BCUT2D eigenvalue weighted by atomic mass is 10.1. The van der Waals surface area contributed by atoms with Gasteiger partial charge in [-0.2, -0.15) is 9.97 Å². The summed E-state index contributed by atoms with van der Waals surface area (Å²) in [7, 11) is -3.66. The zero-order valence-corrected chi connectivity index (χ0v) is 13.4. The molecule has 120 valence electrons. The van der Waals surface area contributed by atoms with Gasteiger partial charge in [0.15, 0.2) is 11.5 Å². The van der Waals surface area contributed by atoms with Gasteiger partial charge in [-0.05, 0) is 35.7 Å². The fourth-order valence-corrected chi connectivity index (χ4v) is 2.79. The Balaban J connectivity index is 1.68. The summed E-state index contributed by atoms with van der Waals surface area (Å²) in [6, 6.07) is 6.42. The summed E-state index contributed by atoms with van der Waals surface area (Å²) in [5, 5.41) is 8.34. The summed E-state index contributed by atoms with van der Waals surface area (Å²) >= 11 is 5.85. The van der Waals surface area contributed by atoms with Crippen LogP contribution in [0.15, 0.2) is 35.5 Å². The Kier molecular flexibility index (Phi) is 4.16. The Morgan fingerprint density at radius 2 is 1.96 bits per heavy atom. The molecule has 0 radical (unpaired) electrons. The Morgan fingerprint density at radius 1 is 1.22 bits per heavy atom. The number of benzene rings is 1. The van der Waals surface area contributed by atoms with Crippen LogP contribution in [-0.2, 0) is 16.4 Å². The molecular weight excluding hydrogens is 340 g/mol. The maximum Gasteiger partial charge on any atom is 0.238 e. The number of aromatic nitrogens is 4. The molecule has 0 bridgehead atoms. The van der Waals surface area contributed by atoms with E-state index in [9.17, 15) is 8.42 Å². The zero-order valence-electron chi connectivity index (χ0n) is 11.8. The van der Waals surface area contributed by atoms with Gasteiger partial charge in [-0.15, -0.1) is 0 Å². The molecule has 3 rings (SSSR count). The van der Waals surface area contributed by atoms with Crippen LogP contribution in [0.4, 0.5) is 5.82 Å². The first-order valence-corrected chi connectivity index (χ1v) is 8.58. The molecule has 0 saturated carbocycles. The zero-order chi connectivity index (χ0) is 16.4. The summed E-state index contributed by atoms with van der Waals surface area (Å²) in [6.45, 7) is 0.580. The normalized spacial score (nSPS) is 11.7. The van der Waals surface area contributed by atoms with Crippen LogP contribution in [-0.4, -0.2) is 34.9 Å². The first-order valence-electron chi connectivity index (χ1n) is 6.66. The van der Waals surface area contributed by atoms with Gasteiger partial charge >= 0.3 is 0 Å². The number of hydrogen-bond acceptors (Lipinski definition) is 6. The lowest BCUT2D eigenvalue weighted by molar-refractivity contribution is 0.598. The summed E-state index contributed by atoms with van der Waals surface area (Å²) < 4.78 is 22.4. The van der Waals surface area contributed by atoms with Gasteiger partial charge in [0.2, 0.25) is 15.3 Å². The van der Waals surface area contributed by atoms with Crippen molar-refractivity contribution in [3.05, 3.63) is 41.4 Å². The number of H-pyrrole nitrogens is 1. The molecule has 10 heteroatoms. The van der Waals surface area contributed by atoms with E-state index in [1.807, 2.05) is 0 Å². The largest absolute Gasteiger partial charge is 0.368 e. The van der Waals surface area contributed by atoms with E-state index < -0.39 is 10.0 Å². The quantitative estimate of drug-likeness (QED) is 0.594. The van der Waals surface area contributed by atoms with E-state index in [0.29, 0.717) is 29.9 Å². The highest BCUT2D eigenvalue weighted by molar-refractivity contribution is 7.89. The molecule has 0 unspecified atom stereocenters. The van der Waals surface area contributed by atoms with E-state index in [1.165, 1.54) is 18.5 Å². The fourth-order valence-electron chi connectivity index (χ4n) is 2.11. The summed E-state index contributed by atoms with van der Waals surface area (Å²) in [6.07, 6.45) is 2.19. The molecule has 3 aromatic rings. The molecule has 8 nitrogen and oxygen atoms in total. The first-order chi connectivity index (χ1) is 10.9. The highest BCUT2D eigenvalue weighted by Crippen LogP contribution is 2.18. The maximum atomic E-state index is 11.2. The number of nitrogens with one attached hydrogen (secondary N) is 2. The van der Waals surface area contributed by atoms with E-state index in [1.54, 1.807) is 12.1 Å². The number of anilines is 1. The van der Waals surface area contributed by atoms with Gasteiger partial charge < -0.3 is 10.3 Å².